The normalized spacial score (nSPS) is 17.7. The number of rotatable bonds is 3. The minimum Gasteiger partial charge on any atom is -0.378 e. The number of ether oxygens (including phenoxy) is 1. The summed E-state index contributed by atoms with van der Waals surface area (Å²) in [5, 5.41) is 0. The van der Waals surface area contributed by atoms with Gasteiger partial charge in [-0.25, -0.2) is 0 Å². The van der Waals surface area contributed by atoms with E-state index in [4.69, 9.17) is 4.74 Å². The first-order valence-corrected chi connectivity index (χ1v) is 4.61. The summed E-state index contributed by atoms with van der Waals surface area (Å²) in [6, 6.07) is 0. The number of hydrogen-bond acceptors (Lipinski definition) is 2. The van der Waals surface area contributed by atoms with Crippen LogP contribution >= 0.6 is 0 Å². The molecule has 0 aliphatic carbocycles. The summed E-state index contributed by atoms with van der Waals surface area (Å²) >= 11 is 0. The Morgan fingerprint density at radius 3 is 2.43 bits per heavy atom. The molecule has 1 heterocycles. The van der Waals surface area contributed by atoms with Gasteiger partial charge >= 0.3 is 0 Å². The fourth-order valence-electron chi connectivity index (χ4n) is 1.30. The van der Waals surface area contributed by atoms with E-state index in [0.717, 1.165) is 0 Å². The van der Waals surface area contributed by atoms with Crippen molar-refractivity contribution in [3.8, 4) is 0 Å². The summed E-state index contributed by atoms with van der Waals surface area (Å²) in [6.45, 7) is 9.70. The number of amides is 1. The molecule has 0 unspecified atom stereocenters. The lowest BCUT2D eigenvalue weighted by molar-refractivity contribution is -0.130. The van der Waals surface area contributed by atoms with Gasteiger partial charge in [-0.15, -0.1) is 0 Å². The van der Waals surface area contributed by atoms with Crippen molar-refractivity contribution in [2.24, 2.45) is 0 Å². The van der Waals surface area contributed by atoms with Crippen LogP contribution in [0.5, 0.6) is 0 Å². The van der Waals surface area contributed by atoms with Gasteiger partial charge < -0.3 is 9.64 Å². The smallest absolute Gasteiger partial charge is 0.253 e. The highest BCUT2D eigenvalue weighted by molar-refractivity contribution is 5.96. The number of hydrogen-bond donors (Lipinski definition) is 0. The maximum Gasteiger partial charge on any atom is 0.253 e. The first kappa shape index (κ1) is 10.7. The molecule has 0 atom stereocenters. The molecule has 14 heavy (non-hydrogen) atoms. The molecule has 0 spiro atoms. The molecule has 1 aliphatic rings. The average Bonchev–Trinajstić information content (AvgIpc) is 2.26. The van der Waals surface area contributed by atoms with Gasteiger partial charge in [0.2, 0.25) is 0 Å². The zero-order valence-corrected chi connectivity index (χ0v) is 8.24. The van der Waals surface area contributed by atoms with Crippen molar-refractivity contribution >= 4 is 5.91 Å². The molecular weight excluding hydrogens is 178 g/mol. The lowest BCUT2D eigenvalue weighted by Crippen LogP contribution is -2.41. The van der Waals surface area contributed by atoms with Gasteiger partial charge in [0.25, 0.3) is 5.91 Å². The van der Waals surface area contributed by atoms with E-state index in [1.807, 2.05) is 0 Å². The van der Waals surface area contributed by atoms with E-state index < -0.39 is 0 Å². The maximum absolute atomic E-state index is 11.8. The summed E-state index contributed by atoms with van der Waals surface area (Å²) in [4.78, 5) is 13.6. The maximum atomic E-state index is 11.8. The highest BCUT2D eigenvalue weighted by atomic mass is 16.5. The van der Waals surface area contributed by atoms with Crippen LogP contribution in [0.2, 0.25) is 0 Å². The van der Waals surface area contributed by atoms with Gasteiger partial charge in [-0.1, -0.05) is 31.4 Å². The molecule has 0 bridgehead atoms. The lowest BCUT2D eigenvalue weighted by Gasteiger charge is -2.27. The van der Waals surface area contributed by atoms with Crippen molar-refractivity contribution in [1.82, 2.24) is 4.90 Å². The molecule has 1 rings (SSSR count). The SMILES string of the molecule is C=CC=C(C=C)C(=O)N1CCOCC1. The average molecular weight is 193 g/mol. The molecular formula is C11H15NO2. The number of carbonyl (C=O) groups excluding carboxylic acids is 1. The van der Waals surface area contributed by atoms with Gasteiger partial charge in [-0.05, 0) is 0 Å². The third-order valence-electron chi connectivity index (χ3n) is 2.06. The van der Waals surface area contributed by atoms with Crippen LogP contribution in [-0.4, -0.2) is 37.1 Å². The molecule has 0 N–H and O–H groups in total. The Kier molecular flexibility index (Phi) is 4.13. The number of carbonyl (C=O) groups is 1. The monoisotopic (exact) mass is 193 g/mol. The summed E-state index contributed by atoms with van der Waals surface area (Å²) in [5.41, 5.74) is 0.585. The first-order chi connectivity index (χ1) is 6.79. The Balaban J connectivity index is 2.65. The Hall–Kier alpha value is -1.35. The molecule has 76 valence electrons. The lowest BCUT2D eigenvalue weighted by atomic mass is 10.2. The fraction of sp³-hybridized carbons (Fsp3) is 0.364. The topological polar surface area (TPSA) is 29.5 Å². The molecule has 3 heteroatoms. The van der Waals surface area contributed by atoms with Crippen LogP contribution < -0.4 is 0 Å². The summed E-state index contributed by atoms with van der Waals surface area (Å²) in [5.74, 6) is 0.00296. The Labute approximate surface area is 84.3 Å². The zero-order valence-electron chi connectivity index (χ0n) is 8.24. The van der Waals surface area contributed by atoms with Crippen molar-refractivity contribution in [3.63, 3.8) is 0 Å². The second kappa shape index (κ2) is 5.40. The van der Waals surface area contributed by atoms with E-state index in [2.05, 4.69) is 13.2 Å². The van der Waals surface area contributed by atoms with Gasteiger partial charge in [-0.2, -0.15) is 0 Å². The number of morpholine rings is 1. The predicted octanol–water partition coefficient (Wildman–Crippen LogP) is 1.14. The van der Waals surface area contributed by atoms with Crippen molar-refractivity contribution in [1.29, 1.82) is 0 Å². The quantitative estimate of drug-likeness (QED) is 0.497. The van der Waals surface area contributed by atoms with Crippen molar-refractivity contribution in [2.75, 3.05) is 26.3 Å². The van der Waals surface area contributed by atoms with Gasteiger partial charge in [-0.3, -0.25) is 4.79 Å². The third-order valence-corrected chi connectivity index (χ3v) is 2.06. The summed E-state index contributed by atoms with van der Waals surface area (Å²) < 4.78 is 5.16. The largest absolute Gasteiger partial charge is 0.378 e. The van der Waals surface area contributed by atoms with Crippen LogP contribution in [0.4, 0.5) is 0 Å². The molecule has 0 aromatic rings. The Morgan fingerprint density at radius 1 is 1.29 bits per heavy atom. The molecule has 0 aromatic carbocycles. The molecule has 3 nitrogen and oxygen atoms in total. The van der Waals surface area contributed by atoms with Crippen LogP contribution in [0.1, 0.15) is 0 Å². The Bertz CT molecular complexity index is 262. The molecule has 0 saturated carbocycles. The van der Waals surface area contributed by atoms with Crippen molar-refractivity contribution in [3.05, 3.63) is 37.0 Å². The molecule has 0 aromatic heterocycles. The predicted molar refractivity (Wildman–Crippen MR) is 55.9 cm³/mol. The first-order valence-electron chi connectivity index (χ1n) is 4.61. The molecule has 1 aliphatic heterocycles. The summed E-state index contributed by atoms with van der Waals surface area (Å²) in [7, 11) is 0. The van der Waals surface area contributed by atoms with E-state index in [-0.39, 0.29) is 5.91 Å². The van der Waals surface area contributed by atoms with Crippen LogP contribution in [0.25, 0.3) is 0 Å². The van der Waals surface area contributed by atoms with Gasteiger partial charge in [0.05, 0.1) is 13.2 Å². The zero-order chi connectivity index (χ0) is 10.4. The molecule has 1 amide bonds. The number of allylic oxidation sites excluding steroid dienone is 2. The Morgan fingerprint density at radius 2 is 1.93 bits per heavy atom. The number of nitrogens with zero attached hydrogens (tertiary/aromatic N) is 1. The van der Waals surface area contributed by atoms with E-state index in [9.17, 15) is 4.79 Å². The molecule has 1 saturated heterocycles. The van der Waals surface area contributed by atoms with Gasteiger partial charge in [0.15, 0.2) is 0 Å². The summed E-state index contributed by atoms with van der Waals surface area (Å²) in [6.07, 6.45) is 4.82. The van der Waals surface area contributed by atoms with E-state index >= 15 is 0 Å². The standard InChI is InChI=1S/C11H15NO2/c1-3-5-10(4-2)11(13)12-6-8-14-9-7-12/h3-5H,1-2,6-9H2. The van der Waals surface area contributed by atoms with E-state index in [0.29, 0.717) is 31.9 Å². The third kappa shape index (κ3) is 2.57. The van der Waals surface area contributed by atoms with E-state index in [1.165, 1.54) is 0 Å². The highest BCUT2D eigenvalue weighted by Crippen LogP contribution is 2.06. The van der Waals surface area contributed by atoms with Crippen molar-refractivity contribution in [2.45, 2.75) is 0 Å². The van der Waals surface area contributed by atoms with Crippen LogP contribution in [0.3, 0.4) is 0 Å². The van der Waals surface area contributed by atoms with Crippen LogP contribution in [0, 0.1) is 0 Å². The van der Waals surface area contributed by atoms with Gasteiger partial charge in [0.1, 0.15) is 0 Å². The van der Waals surface area contributed by atoms with E-state index in [1.54, 1.807) is 23.1 Å². The second-order valence-electron chi connectivity index (χ2n) is 2.97. The minimum absolute atomic E-state index is 0.00296. The van der Waals surface area contributed by atoms with Gasteiger partial charge in [0, 0.05) is 18.7 Å². The highest BCUT2D eigenvalue weighted by Gasteiger charge is 2.18. The van der Waals surface area contributed by atoms with Crippen LogP contribution in [-0.2, 0) is 9.53 Å². The second-order valence-corrected chi connectivity index (χ2v) is 2.97. The fourth-order valence-corrected chi connectivity index (χ4v) is 1.30. The van der Waals surface area contributed by atoms with Crippen molar-refractivity contribution < 1.29 is 9.53 Å². The molecule has 1 fully saturated rings. The molecule has 0 radical (unpaired) electrons. The van der Waals surface area contributed by atoms with Crippen LogP contribution in [0.15, 0.2) is 37.0 Å². The minimum atomic E-state index is 0.00296.